The summed E-state index contributed by atoms with van der Waals surface area (Å²) in [4.78, 5) is 25.0. The van der Waals surface area contributed by atoms with E-state index in [0.29, 0.717) is 24.1 Å². The molecule has 1 unspecified atom stereocenters. The first-order valence-corrected chi connectivity index (χ1v) is 23.5. The lowest BCUT2D eigenvalue weighted by molar-refractivity contribution is -0.870. The number of hydrogen-bond donors (Lipinski definition) is 0. The molecule has 0 aromatic carbocycles. The molecule has 0 aliphatic carbocycles. The summed E-state index contributed by atoms with van der Waals surface area (Å²) in [7, 11) is 1.31. The van der Waals surface area contributed by atoms with E-state index < -0.39 is 19.9 Å². The van der Waals surface area contributed by atoms with Crippen LogP contribution in [0.25, 0.3) is 0 Å². The Bertz CT molecular complexity index is 1060. The van der Waals surface area contributed by atoms with Crippen LogP contribution in [0.4, 0.5) is 0 Å². The maximum absolute atomic E-state index is 12.6. The summed E-state index contributed by atoms with van der Waals surface area (Å²) < 4.78 is 34.5. The Balaban J connectivity index is 4.36. The lowest BCUT2D eigenvalue weighted by Gasteiger charge is -2.28. The molecule has 0 bridgehead atoms. The number of rotatable bonds is 40. The molecule has 0 amide bonds. The molecule has 0 aromatic heterocycles. The van der Waals surface area contributed by atoms with E-state index in [9.17, 15) is 14.3 Å². The highest BCUT2D eigenvalue weighted by atomic mass is 31.2. The molecule has 0 rings (SSSR count). The van der Waals surface area contributed by atoms with Gasteiger partial charge in [0, 0.05) is 13.0 Å². The number of ether oxygens (including phenoxy) is 2. The summed E-state index contributed by atoms with van der Waals surface area (Å²) in [5, 5.41) is 0. The van der Waals surface area contributed by atoms with Crippen molar-refractivity contribution in [3.05, 3.63) is 60.8 Å². The van der Waals surface area contributed by atoms with E-state index in [1.807, 2.05) is 21.1 Å². The number of likely N-dealkylation sites (N-methyl/N-ethyl adjacent to an activating group) is 1. The average Bonchev–Trinajstić information content (AvgIpc) is 3.13. The highest BCUT2D eigenvalue weighted by Gasteiger charge is 2.20. The number of carbonyl (C=O) groups excluding carboxylic acids is 1. The fourth-order valence-corrected chi connectivity index (χ4v) is 6.32. The largest absolute Gasteiger partial charge is 0.756 e. The monoisotopic (exact) mass is 794 g/mol. The second kappa shape index (κ2) is 39.0. The van der Waals surface area contributed by atoms with Crippen LogP contribution in [0.5, 0.6) is 0 Å². The van der Waals surface area contributed by atoms with Gasteiger partial charge < -0.3 is 27.9 Å². The number of unbranched alkanes of at least 4 members (excludes halogenated alkanes) is 16. The van der Waals surface area contributed by atoms with Gasteiger partial charge in [-0.3, -0.25) is 9.36 Å². The molecule has 8 nitrogen and oxygen atoms in total. The van der Waals surface area contributed by atoms with Crippen molar-refractivity contribution in [1.82, 2.24) is 0 Å². The Morgan fingerprint density at radius 2 is 1.00 bits per heavy atom. The molecule has 0 aliphatic heterocycles. The van der Waals surface area contributed by atoms with Crippen LogP contribution < -0.4 is 4.89 Å². The van der Waals surface area contributed by atoms with Crippen LogP contribution in [0.1, 0.15) is 168 Å². The first-order valence-electron chi connectivity index (χ1n) is 22.0. The predicted molar refractivity (Wildman–Crippen MR) is 231 cm³/mol. The van der Waals surface area contributed by atoms with Crippen LogP contribution >= 0.6 is 7.82 Å². The fraction of sp³-hybridized carbons (Fsp3) is 0.761. The van der Waals surface area contributed by atoms with Crippen LogP contribution in [-0.4, -0.2) is 70.7 Å². The molecule has 0 spiro atoms. The van der Waals surface area contributed by atoms with Gasteiger partial charge in [-0.1, -0.05) is 145 Å². The zero-order valence-corrected chi connectivity index (χ0v) is 37.0. The van der Waals surface area contributed by atoms with Crippen molar-refractivity contribution in [3.63, 3.8) is 0 Å². The van der Waals surface area contributed by atoms with Gasteiger partial charge in [0.05, 0.1) is 34.4 Å². The molecule has 0 fully saturated rings. The van der Waals surface area contributed by atoms with Crippen molar-refractivity contribution in [2.24, 2.45) is 0 Å². The molecular formula is C46H84NO7P. The lowest BCUT2D eigenvalue weighted by Crippen LogP contribution is -2.37. The third-order valence-corrected chi connectivity index (χ3v) is 10.0. The van der Waals surface area contributed by atoms with Crippen molar-refractivity contribution in [1.29, 1.82) is 0 Å². The van der Waals surface area contributed by atoms with Gasteiger partial charge in [-0.05, 0) is 77.0 Å². The first kappa shape index (κ1) is 53.2. The molecule has 0 aliphatic rings. The summed E-state index contributed by atoms with van der Waals surface area (Å²) in [5.41, 5.74) is 0. The SMILES string of the molecule is CCCCC/C=C/C/C=C/C/C=C/C/C=C/CCCC(=O)O[C@H](COCCCCCCCC/C=C/CCCCCCCC)COP(=O)([O-])OCC[N+](C)(C)C. The second-order valence-corrected chi connectivity index (χ2v) is 17.1. The highest BCUT2D eigenvalue weighted by Crippen LogP contribution is 2.38. The van der Waals surface area contributed by atoms with Crippen LogP contribution in [0, 0.1) is 0 Å². The standard InChI is InChI=1S/C46H84NO7P/c1-6-8-10-12-14-16-18-20-22-24-25-27-29-31-33-35-37-39-46(48)54-45(44-53-55(49,50)52-42-40-47(3,4)5)43-51-41-38-36-34-32-30-28-26-23-21-19-17-15-13-11-9-7-2/h14,16,20-23,25,27,31,33,45H,6-13,15,17-19,24,26,28-30,32,34-44H2,1-5H3/b16-14+,22-20+,23-21+,27-25+,33-31+/t45-/m1/s1. The number of phosphoric acid groups is 1. The van der Waals surface area contributed by atoms with Gasteiger partial charge in [-0.15, -0.1) is 0 Å². The van der Waals surface area contributed by atoms with Crippen molar-refractivity contribution < 1.29 is 37.3 Å². The molecule has 0 radical (unpaired) electrons. The number of quaternary nitrogens is 1. The van der Waals surface area contributed by atoms with Crippen molar-refractivity contribution in [2.45, 2.75) is 174 Å². The molecule has 0 N–H and O–H groups in total. The molecule has 0 saturated carbocycles. The molecule has 0 aromatic rings. The van der Waals surface area contributed by atoms with E-state index in [-0.39, 0.29) is 26.2 Å². The first-order chi connectivity index (χ1) is 26.6. The Labute approximate surface area is 339 Å². The third-order valence-electron chi connectivity index (χ3n) is 9.04. The molecule has 55 heavy (non-hydrogen) atoms. The predicted octanol–water partition coefficient (Wildman–Crippen LogP) is 12.3. The van der Waals surface area contributed by atoms with E-state index in [2.05, 4.69) is 74.6 Å². The van der Waals surface area contributed by atoms with Gasteiger partial charge in [0.1, 0.15) is 19.3 Å². The minimum Gasteiger partial charge on any atom is -0.756 e. The number of allylic oxidation sites excluding steroid dienone is 10. The minimum atomic E-state index is -4.54. The summed E-state index contributed by atoms with van der Waals surface area (Å²) in [6.45, 7) is 5.28. The highest BCUT2D eigenvalue weighted by molar-refractivity contribution is 7.45. The summed E-state index contributed by atoms with van der Waals surface area (Å²) in [6, 6.07) is 0. The minimum absolute atomic E-state index is 0.0126. The smallest absolute Gasteiger partial charge is 0.306 e. The van der Waals surface area contributed by atoms with E-state index in [4.69, 9.17) is 18.5 Å². The van der Waals surface area contributed by atoms with Gasteiger partial charge in [-0.25, -0.2) is 0 Å². The van der Waals surface area contributed by atoms with Crippen molar-refractivity contribution >= 4 is 13.8 Å². The van der Waals surface area contributed by atoms with Crippen LogP contribution in [0.2, 0.25) is 0 Å². The maximum Gasteiger partial charge on any atom is 0.306 e. The van der Waals surface area contributed by atoms with Crippen molar-refractivity contribution in [3.8, 4) is 0 Å². The van der Waals surface area contributed by atoms with Gasteiger partial charge in [0.15, 0.2) is 0 Å². The van der Waals surface area contributed by atoms with Crippen molar-refractivity contribution in [2.75, 3.05) is 54.1 Å². The van der Waals surface area contributed by atoms with E-state index in [1.165, 1.54) is 96.3 Å². The van der Waals surface area contributed by atoms with E-state index in [1.54, 1.807) is 0 Å². The van der Waals surface area contributed by atoms with Crippen LogP contribution in [-0.2, 0) is 27.9 Å². The van der Waals surface area contributed by atoms with Gasteiger partial charge in [0.25, 0.3) is 7.82 Å². The molecular weight excluding hydrogens is 709 g/mol. The molecule has 0 heterocycles. The van der Waals surface area contributed by atoms with Gasteiger partial charge in [0.2, 0.25) is 0 Å². The number of phosphoric ester groups is 1. The molecule has 9 heteroatoms. The fourth-order valence-electron chi connectivity index (χ4n) is 5.59. The molecule has 2 atom stereocenters. The number of esters is 1. The number of nitrogens with zero attached hydrogens (tertiary/aromatic N) is 1. The lowest BCUT2D eigenvalue weighted by atomic mass is 10.1. The topological polar surface area (TPSA) is 94.1 Å². The Hall–Kier alpha value is -1.80. The summed E-state index contributed by atoms with van der Waals surface area (Å²) in [5.74, 6) is -0.392. The molecule has 320 valence electrons. The van der Waals surface area contributed by atoms with Crippen LogP contribution in [0.3, 0.4) is 0 Å². The normalized spacial score (nSPS) is 14.4. The summed E-state index contributed by atoms with van der Waals surface area (Å²) >= 11 is 0. The Kier molecular flexibility index (Phi) is 37.8. The maximum atomic E-state index is 12.6. The summed E-state index contributed by atoms with van der Waals surface area (Å²) in [6.07, 6.45) is 48.1. The van der Waals surface area contributed by atoms with Gasteiger partial charge >= 0.3 is 5.97 Å². The van der Waals surface area contributed by atoms with E-state index >= 15 is 0 Å². The zero-order valence-electron chi connectivity index (χ0n) is 36.1. The van der Waals surface area contributed by atoms with E-state index in [0.717, 1.165) is 44.9 Å². The quantitative estimate of drug-likeness (QED) is 0.0200. The molecule has 0 saturated heterocycles. The second-order valence-electron chi connectivity index (χ2n) is 15.7. The van der Waals surface area contributed by atoms with Gasteiger partial charge in [-0.2, -0.15) is 0 Å². The Morgan fingerprint density at radius 3 is 1.55 bits per heavy atom. The third kappa shape index (κ3) is 43.2. The zero-order chi connectivity index (χ0) is 40.6. The Morgan fingerprint density at radius 1 is 0.564 bits per heavy atom. The van der Waals surface area contributed by atoms with Crippen LogP contribution in [0.15, 0.2) is 60.8 Å². The number of hydrogen-bond acceptors (Lipinski definition) is 7. The number of carbonyl (C=O) groups is 1. The average molecular weight is 794 g/mol.